The summed E-state index contributed by atoms with van der Waals surface area (Å²) in [5.74, 6) is 13.3. The van der Waals surface area contributed by atoms with Gasteiger partial charge in [-0.3, -0.25) is 9.59 Å². The second-order valence-electron chi connectivity index (χ2n) is 21.0. The summed E-state index contributed by atoms with van der Waals surface area (Å²) in [6, 6.07) is 0. The topological polar surface area (TPSA) is 52.6 Å². The predicted molar refractivity (Wildman–Crippen MR) is 196 cm³/mol. The first-order valence-corrected chi connectivity index (χ1v) is 22.7. The largest absolute Gasteiger partial charge is 0.374 e. The Morgan fingerprint density at radius 2 is 1.22 bits per heavy atom. The van der Waals surface area contributed by atoms with Gasteiger partial charge in [0, 0.05) is 36.9 Å². The van der Waals surface area contributed by atoms with Gasteiger partial charge in [-0.1, -0.05) is 25.0 Å². The molecule has 276 valence electrons. The molecule has 0 N–H and O–H groups in total. The Kier molecular flexibility index (Phi) is 6.74. The van der Waals surface area contributed by atoms with Crippen LogP contribution in [0.1, 0.15) is 136 Å². The van der Waals surface area contributed by atoms with Gasteiger partial charge in [-0.15, -0.1) is 0 Å². The molecule has 9 saturated carbocycles. The highest BCUT2D eigenvalue weighted by atomic mass is 16.5. The first kappa shape index (κ1) is 32.0. The van der Waals surface area contributed by atoms with Crippen LogP contribution >= 0.6 is 0 Å². The normalized spacial score (nSPS) is 58.7. The third kappa shape index (κ3) is 3.88. The van der Waals surface area contributed by atoms with Crippen LogP contribution in [-0.4, -0.2) is 36.0 Å². The quantitative estimate of drug-likeness (QED) is 0.289. The number of carbonyl (C=O) groups excluding carboxylic acids is 2. The summed E-state index contributed by atoms with van der Waals surface area (Å²) in [6.07, 6.45) is 28.6. The van der Waals surface area contributed by atoms with Crippen molar-refractivity contribution in [3.63, 3.8) is 0 Å². The summed E-state index contributed by atoms with van der Waals surface area (Å²) in [4.78, 5) is 24.0. The second kappa shape index (κ2) is 10.7. The summed E-state index contributed by atoms with van der Waals surface area (Å²) < 4.78 is 13.4. The second-order valence-corrected chi connectivity index (χ2v) is 21.0. The smallest absolute Gasteiger partial charge is 0.155 e. The molecule has 0 aromatic rings. The number of allylic oxidation sites excluding steroid dienone is 2. The molecule has 4 nitrogen and oxygen atoms in total. The minimum Gasteiger partial charge on any atom is -0.374 e. The van der Waals surface area contributed by atoms with Crippen LogP contribution in [0.25, 0.3) is 0 Å². The van der Waals surface area contributed by atoms with E-state index in [0.29, 0.717) is 22.4 Å². The van der Waals surface area contributed by atoms with Gasteiger partial charge >= 0.3 is 0 Å². The number of carbonyl (C=O) groups is 2. The molecule has 0 amide bonds. The molecule has 13 rings (SSSR count). The van der Waals surface area contributed by atoms with E-state index in [4.69, 9.17) is 9.47 Å². The lowest BCUT2D eigenvalue weighted by Crippen LogP contribution is -2.56. The van der Waals surface area contributed by atoms with Gasteiger partial charge in [0.1, 0.15) is 0 Å². The number of ether oxygens (including phenoxy) is 2. The molecule has 18 atom stereocenters. The summed E-state index contributed by atoms with van der Waals surface area (Å²) in [5, 5.41) is 0. The van der Waals surface area contributed by atoms with Crippen molar-refractivity contribution in [1.82, 2.24) is 0 Å². The Balaban J connectivity index is 0.000000116. The van der Waals surface area contributed by atoms with Gasteiger partial charge in [0.15, 0.2) is 11.6 Å². The van der Waals surface area contributed by atoms with Crippen molar-refractivity contribution < 1.29 is 19.1 Å². The lowest BCUT2D eigenvalue weighted by atomic mass is 9.47. The molecule has 11 fully saturated rings. The SMILES string of the molecule is CC[C@]12CCC3C4CCC(=O)C=C4C4CC4C3C1[C@@H]1C[C@@H]1[C@@]21CCCO1.CC[C@]12CCC3C4CCC(=O)C=C4CCC3C1[C@@H]1C[C@@H]1[C@@]21CCCO1. The van der Waals surface area contributed by atoms with E-state index >= 15 is 0 Å². The molecule has 2 aliphatic heterocycles. The molecular weight excluding hydrogens is 629 g/mol. The van der Waals surface area contributed by atoms with Gasteiger partial charge in [-0.2, -0.15) is 0 Å². The monoisotopic (exact) mass is 692 g/mol. The van der Waals surface area contributed by atoms with E-state index in [-0.39, 0.29) is 11.2 Å². The van der Waals surface area contributed by atoms with E-state index in [0.717, 1.165) is 122 Å². The van der Waals surface area contributed by atoms with Gasteiger partial charge in [-0.25, -0.2) is 0 Å². The van der Waals surface area contributed by atoms with E-state index in [1.165, 1.54) is 102 Å². The average Bonchev–Trinajstić information content (AvgIpc) is 4.12. The van der Waals surface area contributed by atoms with E-state index in [9.17, 15) is 9.59 Å². The summed E-state index contributed by atoms with van der Waals surface area (Å²) in [5.41, 5.74) is 4.65. The highest BCUT2D eigenvalue weighted by Gasteiger charge is 2.80. The predicted octanol–water partition coefficient (Wildman–Crippen LogP) is 9.70. The Bertz CT molecular complexity index is 1590. The van der Waals surface area contributed by atoms with E-state index in [1.54, 1.807) is 5.57 Å². The Morgan fingerprint density at radius 1 is 0.588 bits per heavy atom. The molecule has 2 heterocycles. The number of hydrogen-bond donors (Lipinski definition) is 0. The van der Waals surface area contributed by atoms with Gasteiger partial charge in [-0.05, 0) is 204 Å². The molecular formula is C47H64O4. The highest BCUT2D eigenvalue weighted by Crippen LogP contribution is 2.82. The maximum absolute atomic E-state index is 12.1. The maximum atomic E-state index is 12.1. The van der Waals surface area contributed by atoms with Crippen LogP contribution in [0, 0.1) is 93.7 Å². The number of hydrogen-bond acceptors (Lipinski definition) is 4. The van der Waals surface area contributed by atoms with E-state index in [1.807, 2.05) is 6.08 Å². The Labute approximate surface area is 307 Å². The third-order valence-electron chi connectivity index (χ3n) is 20.4. The van der Waals surface area contributed by atoms with Gasteiger partial charge in [0.25, 0.3) is 0 Å². The van der Waals surface area contributed by atoms with Gasteiger partial charge in [0.2, 0.25) is 0 Å². The minimum absolute atomic E-state index is 0.265. The zero-order valence-electron chi connectivity index (χ0n) is 31.7. The standard InChI is InChI=1S/C24H32O2.C23H32O2/c1-2-23-8-6-15-14-5-4-13(25)10-16(14)17-11-18(17)21(15)22(23)19-12-20(19)24(23)7-3-9-26-24;1-2-22-10-8-17-16-7-5-15(24)12-14(16)4-6-18(17)21(22)19-13-20(19)23(22)9-3-11-25-23/h10,14-15,17-22H,2-9,11-12H2,1H3;12,16-21H,2-11,13H2,1H3/t14?,15?,17?,18?,19-,20+,21?,22?,23+,24+;16?,17?,18?,19-,20+,21?,22+,23+/m11/s1. The average molecular weight is 693 g/mol. The molecule has 11 aliphatic carbocycles. The lowest BCUT2D eigenvalue weighted by molar-refractivity contribution is -0.161. The molecule has 13 aliphatic rings. The third-order valence-corrected chi connectivity index (χ3v) is 20.4. The van der Waals surface area contributed by atoms with Gasteiger partial charge in [0.05, 0.1) is 11.2 Å². The van der Waals surface area contributed by atoms with Crippen LogP contribution in [0.5, 0.6) is 0 Å². The molecule has 2 saturated heterocycles. The van der Waals surface area contributed by atoms with Crippen molar-refractivity contribution in [1.29, 1.82) is 0 Å². The number of rotatable bonds is 2. The Hall–Kier alpha value is -1.26. The van der Waals surface area contributed by atoms with Crippen molar-refractivity contribution >= 4 is 11.6 Å². The molecule has 10 unspecified atom stereocenters. The van der Waals surface area contributed by atoms with E-state index in [2.05, 4.69) is 19.9 Å². The van der Waals surface area contributed by atoms with Crippen molar-refractivity contribution in [2.24, 2.45) is 93.7 Å². The fourth-order valence-corrected chi connectivity index (χ4v) is 19.1. The van der Waals surface area contributed by atoms with Crippen LogP contribution in [0.4, 0.5) is 0 Å². The first-order valence-electron chi connectivity index (χ1n) is 22.7. The Morgan fingerprint density at radius 3 is 1.88 bits per heavy atom. The summed E-state index contributed by atoms with van der Waals surface area (Å²) in [6.45, 7) is 6.99. The number of ketones is 2. The summed E-state index contributed by atoms with van der Waals surface area (Å²) in [7, 11) is 0. The van der Waals surface area contributed by atoms with Crippen molar-refractivity contribution in [2.45, 2.75) is 147 Å². The van der Waals surface area contributed by atoms with Gasteiger partial charge < -0.3 is 9.47 Å². The van der Waals surface area contributed by atoms with Crippen LogP contribution in [0.15, 0.2) is 23.3 Å². The zero-order chi connectivity index (χ0) is 34.1. The zero-order valence-corrected chi connectivity index (χ0v) is 31.7. The highest BCUT2D eigenvalue weighted by molar-refractivity contribution is 5.92. The number of fused-ring (bicyclic) bond motifs is 21. The van der Waals surface area contributed by atoms with Crippen LogP contribution in [0.2, 0.25) is 0 Å². The molecule has 51 heavy (non-hydrogen) atoms. The van der Waals surface area contributed by atoms with Crippen LogP contribution in [-0.2, 0) is 19.1 Å². The molecule has 0 aromatic carbocycles. The molecule has 0 aromatic heterocycles. The van der Waals surface area contributed by atoms with Crippen molar-refractivity contribution in [3.8, 4) is 0 Å². The molecule has 4 heteroatoms. The minimum atomic E-state index is 0.265. The fourth-order valence-electron chi connectivity index (χ4n) is 19.1. The molecule has 0 radical (unpaired) electrons. The first-order chi connectivity index (χ1) is 24.9. The molecule has 0 bridgehead atoms. The fraction of sp³-hybridized carbons (Fsp3) is 0.872. The van der Waals surface area contributed by atoms with E-state index < -0.39 is 0 Å². The van der Waals surface area contributed by atoms with Crippen LogP contribution < -0.4 is 0 Å². The molecule has 2 spiro atoms. The van der Waals surface area contributed by atoms with Crippen LogP contribution in [0.3, 0.4) is 0 Å². The summed E-state index contributed by atoms with van der Waals surface area (Å²) >= 11 is 0. The lowest BCUT2D eigenvalue weighted by Gasteiger charge is -2.58. The maximum Gasteiger partial charge on any atom is 0.155 e. The van der Waals surface area contributed by atoms with Crippen molar-refractivity contribution in [2.75, 3.05) is 13.2 Å². The van der Waals surface area contributed by atoms with Crippen molar-refractivity contribution in [3.05, 3.63) is 23.3 Å².